The monoisotopic (exact) mass is 302 g/mol. The molecule has 1 aromatic rings. The molecule has 0 aliphatic heterocycles. The molecule has 4 nitrogen and oxygen atoms in total. The first-order chi connectivity index (χ1) is 8.12. The number of aliphatic hydroxyl groups is 1. The van der Waals surface area contributed by atoms with Crippen LogP contribution in [0, 0.1) is 0 Å². The van der Waals surface area contributed by atoms with Crippen molar-refractivity contribution in [1.82, 2.24) is 0 Å². The Labute approximate surface area is 109 Å². The van der Waals surface area contributed by atoms with E-state index in [2.05, 4.69) is 22.5 Å². The Morgan fingerprint density at radius 2 is 1.82 bits per heavy atom. The third-order valence-corrected chi connectivity index (χ3v) is 2.31. The Morgan fingerprint density at radius 1 is 1.29 bits per heavy atom. The molecule has 0 radical (unpaired) electrons. The number of ether oxygens (including phenoxy) is 3. The number of halogens is 1. The molecule has 5 heteroatoms. The van der Waals surface area contributed by atoms with Gasteiger partial charge in [0.15, 0.2) is 11.5 Å². The summed E-state index contributed by atoms with van der Waals surface area (Å²) in [6, 6.07) is 3.41. The van der Waals surface area contributed by atoms with Gasteiger partial charge in [0.05, 0.1) is 20.8 Å². The van der Waals surface area contributed by atoms with Crippen LogP contribution in [0.1, 0.15) is 5.56 Å². The van der Waals surface area contributed by atoms with Crippen molar-refractivity contribution < 1.29 is 19.3 Å². The van der Waals surface area contributed by atoms with Crippen LogP contribution in [0.25, 0.3) is 0 Å². The second-order valence-corrected chi connectivity index (χ2v) is 4.41. The Bertz CT molecular complexity index is 378. The van der Waals surface area contributed by atoms with Gasteiger partial charge in [0.25, 0.3) is 0 Å². The van der Waals surface area contributed by atoms with Gasteiger partial charge in [0.1, 0.15) is 6.61 Å². The normalized spacial score (nSPS) is 9.88. The van der Waals surface area contributed by atoms with E-state index in [4.69, 9.17) is 19.3 Å². The summed E-state index contributed by atoms with van der Waals surface area (Å²) in [5.41, 5.74) is 0.698. The maximum absolute atomic E-state index is 9.11. The van der Waals surface area contributed by atoms with E-state index in [1.54, 1.807) is 12.1 Å². The summed E-state index contributed by atoms with van der Waals surface area (Å²) in [6.07, 6.45) is 0. The lowest BCUT2D eigenvalue weighted by Crippen LogP contribution is -2.02. The summed E-state index contributed by atoms with van der Waals surface area (Å²) in [7, 11) is 3.07. The largest absolute Gasteiger partial charge is 0.493 e. The molecule has 0 aliphatic carbocycles. The Morgan fingerprint density at radius 3 is 2.18 bits per heavy atom. The van der Waals surface area contributed by atoms with Crippen LogP contribution in [0.3, 0.4) is 0 Å². The molecule has 0 atom stereocenters. The van der Waals surface area contributed by atoms with E-state index in [0.717, 1.165) is 0 Å². The van der Waals surface area contributed by atoms with E-state index in [0.29, 0.717) is 33.9 Å². The smallest absolute Gasteiger partial charge is 0.203 e. The fraction of sp³-hybridized carbons (Fsp3) is 0.333. The van der Waals surface area contributed by atoms with Crippen LogP contribution in [-0.2, 0) is 6.61 Å². The van der Waals surface area contributed by atoms with Crippen molar-refractivity contribution in [3.63, 3.8) is 0 Å². The molecular weight excluding hydrogens is 288 g/mol. The van der Waals surface area contributed by atoms with Gasteiger partial charge in [-0.2, -0.15) is 0 Å². The van der Waals surface area contributed by atoms with Gasteiger partial charge in [-0.05, 0) is 17.7 Å². The van der Waals surface area contributed by atoms with Crippen molar-refractivity contribution in [2.75, 3.05) is 20.8 Å². The molecule has 0 unspecified atom stereocenters. The molecule has 17 heavy (non-hydrogen) atoms. The molecule has 0 saturated heterocycles. The Hall–Kier alpha value is -1.20. The van der Waals surface area contributed by atoms with E-state index in [9.17, 15) is 0 Å². The Kier molecular flexibility index (Phi) is 5.31. The molecule has 0 amide bonds. The van der Waals surface area contributed by atoms with Gasteiger partial charge in [-0.15, -0.1) is 0 Å². The minimum Gasteiger partial charge on any atom is -0.493 e. The van der Waals surface area contributed by atoms with Crippen molar-refractivity contribution in [1.29, 1.82) is 0 Å². The van der Waals surface area contributed by atoms with Crippen LogP contribution in [0.4, 0.5) is 0 Å². The molecule has 1 N–H and O–H groups in total. The summed E-state index contributed by atoms with van der Waals surface area (Å²) in [6.45, 7) is 3.91. The topological polar surface area (TPSA) is 47.9 Å². The van der Waals surface area contributed by atoms with Crippen LogP contribution >= 0.6 is 15.9 Å². The van der Waals surface area contributed by atoms with Crippen molar-refractivity contribution in [2.45, 2.75) is 6.61 Å². The summed E-state index contributed by atoms with van der Waals surface area (Å²) < 4.78 is 16.7. The van der Waals surface area contributed by atoms with Crippen molar-refractivity contribution >= 4 is 15.9 Å². The maximum atomic E-state index is 9.11. The quantitative estimate of drug-likeness (QED) is 0.877. The third kappa shape index (κ3) is 3.64. The number of benzene rings is 1. The number of hydrogen-bond donors (Lipinski definition) is 1. The zero-order chi connectivity index (χ0) is 12.8. The van der Waals surface area contributed by atoms with Gasteiger partial charge in [-0.1, -0.05) is 22.5 Å². The second kappa shape index (κ2) is 6.51. The van der Waals surface area contributed by atoms with Crippen molar-refractivity contribution in [3.05, 3.63) is 28.8 Å². The first-order valence-electron chi connectivity index (χ1n) is 4.94. The zero-order valence-corrected chi connectivity index (χ0v) is 11.4. The molecule has 1 aromatic carbocycles. The lowest BCUT2D eigenvalue weighted by molar-refractivity contribution is 0.275. The minimum absolute atomic E-state index is 0.0852. The van der Waals surface area contributed by atoms with Crippen LogP contribution < -0.4 is 14.2 Å². The summed E-state index contributed by atoms with van der Waals surface area (Å²) in [5, 5.41) is 9.11. The fourth-order valence-electron chi connectivity index (χ4n) is 1.32. The van der Waals surface area contributed by atoms with Crippen molar-refractivity contribution in [2.24, 2.45) is 0 Å². The SMILES string of the molecule is C=C(Br)COc1c(OC)cc(CO)cc1OC. The van der Waals surface area contributed by atoms with Gasteiger partial charge in [-0.3, -0.25) is 0 Å². The molecule has 0 aliphatic rings. The molecular formula is C12H15BrO4. The van der Waals surface area contributed by atoms with Crippen LogP contribution in [-0.4, -0.2) is 25.9 Å². The highest BCUT2D eigenvalue weighted by molar-refractivity contribution is 9.11. The van der Waals surface area contributed by atoms with Gasteiger partial charge in [0, 0.05) is 4.48 Å². The predicted octanol–water partition coefficient (Wildman–Crippen LogP) is 2.48. The summed E-state index contributed by atoms with van der Waals surface area (Å²) in [5.74, 6) is 1.53. The molecule has 0 bridgehead atoms. The summed E-state index contributed by atoms with van der Waals surface area (Å²) in [4.78, 5) is 0. The number of methoxy groups -OCH3 is 2. The molecule has 0 fully saturated rings. The number of rotatable bonds is 6. The average Bonchev–Trinajstić information content (AvgIpc) is 2.34. The molecule has 94 valence electrons. The zero-order valence-electron chi connectivity index (χ0n) is 9.83. The lowest BCUT2D eigenvalue weighted by atomic mass is 10.2. The third-order valence-electron chi connectivity index (χ3n) is 2.08. The summed E-state index contributed by atoms with van der Waals surface area (Å²) >= 11 is 3.21. The van der Waals surface area contributed by atoms with E-state index in [1.807, 2.05) is 0 Å². The van der Waals surface area contributed by atoms with Gasteiger partial charge >= 0.3 is 0 Å². The molecule has 0 aromatic heterocycles. The van der Waals surface area contributed by atoms with Gasteiger partial charge < -0.3 is 19.3 Å². The highest BCUT2D eigenvalue weighted by Gasteiger charge is 2.14. The average molecular weight is 303 g/mol. The molecule has 1 rings (SSSR count). The van der Waals surface area contributed by atoms with Crippen LogP contribution in [0.15, 0.2) is 23.2 Å². The van der Waals surface area contributed by atoms with E-state index < -0.39 is 0 Å². The molecule has 0 heterocycles. The lowest BCUT2D eigenvalue weighted by Gasteiger charge is -2.15. The highest BCUT2D eigenvalue weighted by Crippen LogP contribution is 2.38. The van der Waals surface area contributed by atoms with Crippen LogP contribution in [0.2, 0.25) is 0 Å². The molecule has 0 saturated carbocycles. The highest BCUT2D eigenvalue weighted by atomic mass is 79.9. The number of aliphatic hydroxyl groups excluding tert-OH is 1. The van der Waals surface area contributed by atoms with E-state index in [-0.39, 0.29) is 6.61 Å². The minimum atomic E-state index is -0.0852. The van der Waals surface area contributed by atoms with E-state index >= 15 is 0 Å². The predicted molar refractivity (Wildman–Crippen MR) is 69.0 cm³/mol. The standard InChI is InChI=1S/C12H15BrO4/c1-8(13)7-17-12-10(15-2)4-9(6-14)5-11(12)16-3/h4-5,14H,1,6-7H2,2-3H3. The van der Waals surface area contributed by atoms with Gasteiger partial charge in [0.2, 0.25) is 5.75 Å². The number of hydrogen-bond acceptors (Lipinski definition) is 4. The Balaban J connectivity index is 3.10. The van der Waals surface area contributed by atoms with E-state index in [1.165, 1.54) is 14.2 Å². The van der Waals surface area contributed by atoms with Gasteiger partial charge in [-0.25, -0.2) is 0 Å². The fourth-order valence-corrected chi connectivity index (χ4v) is 1.43. The first kappa shape index (κ1) is 13.9. The molecule has 0 spiro atoms. The second-order valence-electron chi connectivity index (χ2n) is 3.29. The van der Waals surface area contributed by atoms with Crippen LogP contribution in [0.5, 0.6) is 17.2 Å². The van der Waals surface area contributed by atoms with Crippen molar-refractivity contribution in [3.8, 4) is 17.2 Å². The maximum Gasteiger partial charge on any atom is 0.203 e. The first-order valence-corrected chi connectivity index (χ1v) is 5.73.